The van der Waals surface area contributed by atoms with Crippen LogP contribution in [-0.2, 0) is 4.84 Å². The number of phenolic OH excluding ortho intramolecular Hbond substituents is 1. The molecule has 1 heterocycles. The van der Waals surface area contributed by atoms with E-state index < -0.39 is 0 Å². The van der Waals surface area contributed by atoms with Crippen molar-refractivity contribution >= 4 is 37.6 Å². The molecule has 25 heavy (non-hydrogen) atoms. The van der Waals surface area contributed by atoms with Gasteiger partial charge < -0.3 is 14.7 Å². The molecule has 1 aliphatic heterocycles. The fourth-order valence-corrected chi connectivity index (χ4v) is 3.33. The van der Waals surface area contributed by atoms with Gasteiger partial charge in [0.25, 0.3) is 0 Å². The normalized spacial score (nSPS) is 16.4. The summed E-state index contributed by atoms with van der Waals surface area (Å²) in [6.45, 7) is 2.74. The van der Waals surface area contributed by atoms with Gasteiger partial charge in [-0.1, -0.05) is 46.6 Å². The van der Waals surface area contributed by atoms with E-state index in [9.17, 15) is 5.11 Å². The predicted molar refractivity (Wildman–Crippen MR) is 105 cm³/mol. The molecule has 1 N–H and O–H groups in total. The zero-order valence-corrected chi connectivity index (χ0v) is 17.0. The Morgan fingerprint density at radius 1 is 1.24 bits per heavy atom. The van der Waals surface area contributed by atoms with E-state index in [0.29, 0.717) is 24.3 Å². The van der Waals surface area contributed by atoms with Crippen molar-refractivity contribution < 1.29 is 14.7 Å². The summed E-state index contributed by atoms with van der Waals surface area (Å²) in [4.78, 5) is 5.57. The molecular weight excluding hydrogens is 450 g/mol. The molecule has 1 atom stereocenters. The lowest BCUT2D eigenvalue weighted by molar-refractivity contribution is 0.0857. The maximum Gasteiger partial charge on any atom is 0.158 e. The molecule has 6 heteroatoms. The summed E-state index contributed by atoms with van der Waals surface area (Å²) in [7, 11) is 0. The molecular formula is C19H19Br2NO3. The Balaban J connectivity index is 1.74. The van der Waals surface area contributed by atoms with Gasteiger partial charge in [-0.3, -0.25) is 0 Å². The molecule has 2 aromatic carbocycles. The molecule has 132 valence electrons. The first-order valence-electron chi connectivity index (χ1n) is 8.22. The van der Waals surface area contributed by atoms with Gasteiger partial charge >= 0.3 is 0 Å². The predicted octanol–water partition coefficient (Wildman–Crippen LogP) is 5.96. The van der Waals surface area contributed by atoms with Crippen molar-refractivity contribution in [3.8, 4) is 11.5 Å². The summed E-state index contributed by atoms with van der Waals surface area (Å²) in [6, 6.07) is 11.4. The van der Waals surface area contributed by atoms with Gasteiger partial charge in [0.2, 0.25) is 0 Å². The van der Waals surface area contributed by atoms with Crippen molar-refractivity contribution in [1.82, 2.24) is 0 Å². The Morgan fingerprint density at radius 3 is 2.72 bits per heavy atom. The maximum atomic E-state index is 10.4. The topological polar surface area (TPSA) is 51.0 Å². The van der Waals surface area contributed by atoms with E-state index >= 15 is 0 Å². The number of ether oxygens (including phenoxy) is 1. The largest absolute Gasteiger partial charge is 0.507 e. The molecule has 0 radical (unpaired) electrons. The monoisotopic (exact) mass is 467 g/mol. The van der Waals surface area contributed by atoms with E-state index in [1.165, 1.54) is 0 Å². The van der Waals surface area contributed by atoms with Crippen LogP contribution in [0.1, 0.15) is 43.4 Å². The van der Waals surface area contributed by atoms with E-state index in [4.69, 9.17) is 9.57 Å². The third-order valence-corrected chi connectivity index (χ3v) is 5.18. The van der Waals surface area contributed by atoms with Crippen molar-refractivity contribution in [2.24, 2.45) is 5.16 Å². The van der Waals surface area contributed by atoms with Gasteiger partial charge in [0, 0.05) is 22.5 Å². The number of rotatable bonds is 6. The number of benzene rings is 2. The Labute approximate surface area is 164 Å². The second-order valence-corrected chi connectivity index (χ2v) is 7.66. The summed E-state index contributed by atoms with van der Waals surface area (Å²) >= 11 is 6.94. The van der Waals surface area contributed by atoms with Gasteiger partial charge in [-0.05, 0) is 46.1 Å². The quantitative estimate of drug-likeness (QED) is 0.532. The van der Waals surface area contributed by atoms with Gasteiger partial charge in [-0.2, -0.15) is 0 Å². The molecule has 2 aromatic rings. The van der Waals surface area contributed by atoms with Crippen LogP contribution >= 0.6 is 31.9 Å². The van der Waals surface area contributed by atoms with Crippen LogP contribution in [0.25, 0.3) is 0 Å². The fraction of sp³-hybridized carbons (Fsp3) is 0.316. The average molecular weight is 469 g/mol. The van der Waals surface area contributed by atoms with E-state index in [0.717, 1.165) is 33.1 Å². The number of aromatic hydroxyl groups is 1. The Hall–Kier alpha value is -1.53. The zero-order valence-electron chi connectivity index (χ0n) is 13.8. The van der Waals surface area contributed by atoms with Gasteiger partial charge in [0.15, 0.2) is 6.10 Å². The minimum atomic E-state index is -0.137. The molecule has 0 saturated heterocycles. The first-order chi connectivity index (χ1) is 12.1. The molecule has 1 aliphatic rings. The first-order valence-corrected chi connectivity index (χ1v) is 9.81. The average Bonchev–Trinajstić information content (AvgIpc) is 3.08. The summed E-state index contributed by atoms with van der Waals surface area (Å²) in [5.74, 6) is 0.784. The van der Waals surface area contributed by atoms with Crippen LogP contribution in [0, 0.1) is 0 Å². The van der Waals surface area contributed by atoms with Crippen molar-refractivity contribution in [2.45, 2.75) is 32.3 Å². The van der Waals surface area contributed by atoms with Gasteiger partial charge in [-0.15, -0.1) is 0 Å². The molecule has 3 rings (SSSR count). The number of unbranched alkanes of at least 4 members (excludes halogenated alkanes) is 1. The van der Waals surface area contributed by atoms with Gasteiger partial charge in [0.05, 0.1) is 16.8 Å². The second-order valence-electron chi connectivity index (χ2n) is 5.89. The summed E-state index contributed by atoms with van der Waals surface area (Å²) in [5, 5.41) is 14.6. The minimum Gasteiger partial charge on any atom is -0.507 e. The third kappa shape index (κ3) is 4.36. The van der Waals surface area contributed by atoms with Crippen molar-refractivity contribution in [3.63, 3.8) is 0 Å². The third-order valence-electron chi connectivity index (χ3n) is 4.03. The van der Waals surface area contributed by atoms with E-state index in [1.807, 2.05) is 30.3 Å². The number of phenols is 1. The number of oxime groups is 1. The molecule has 0 aromatic heterocycles. The molecule has 0 amide bonds. The van der Waals surface area contributed by atoms with Crippen molar-refractivity contribution in [3.05, 3.63) is 56.5 Å². The first kappa shape index (κ1) is 18.3. The van der Waals surface area contributed by atoms with E-state index in [1.54, 1.807) is 6.07 Å². The van der Waals surface area contributed by atoms with Crippen LogP contribution in [0.2, 0.25) is 0 Å². The maximum absolute atomic E-state index is 10.4. The highest BCUT2D eigenvalue weighted by molar-refractivity contribution is 9.10. The van der Waals surface area contributed by atoms with Crippen molar-refractivity contribution in [1.29, 1.82) is 0 Å². The number of hydrogen-bond acceptors (Lipinski definition) is 4. The highest BCUT2D eigenvalue weighted by atomic mass is 79.9. The van der Waals surface area contributed by atoms with Crippen molar-refractivity contribution in [2.75, 3.05) is 6.61 Å². The number of hydrogen-bond donors (Lipinski definition) is 1. The number of halogens is 2. The Bertz CT molecular complexity index is 775. The molecule has 4 nitrogen and oxygen atoms in total. The second kappa shape index (κ2) is 8.23. The molecule has 0 fully saturated rings. The highest BCUT2D eigenvalue weighted by Crippen LogP contribution is 2.37. The lowest BCUT2D eigenvalue weighted by Crippen LogP contribution is -2.03. The van der Waals surface area contributed by atoms with Crippen LogP contribution in [0.3, 0.4) is 0 Å². The van der Waals surface area contributed by atoms with Gasteiger partial charge in [0.1, 0.15) is 11.5 Å². The highest BCUT2D eigenvalue weighted by Gasteiger charge is 2.26. The molecule has 0 spiro atoms. The molecule has 0 bridgehead atoms. The summed E-state index contributed by atoms with van der Waals surface area (Å²) in [5.41, 5.74) is 2.44. The SMILES string of the molecule is CCCCOc1cc(O)c(C2=NOC(c3ccc(Br)cc3)C2)cc1Br. The lowest BCUT2D eigenvalue weighted by atomic mass is 9.99. The molecule has 0 aliphatic carbocycles. The fourth-order valence-electron chi connectivity index (χ4n) is 2.60. The van der Waals surface area contributed by atoms with Crippen LogP contribution in [0.15, 0.2) is 50.5 Å². The van der Waals surface area contributed by atoms with Crippen LogP contribution in [0.4, 0.5) is 0 Å². The zero-order chi connectivity index (χ0) is 17.8. The Morgan fingerprint density at radius 2 is 2.00 bits per heavy atom. The number of nitrogens with zero attached hydrogens (tertiary/aromatic N) is 1. The van der Waals surface area contributed by atoms with Crippen LogP contribution < -0.4 is 4.74 Å². The van der Waals surface area contributed by atoms with Gasteiger partial charge in [-0.25, -0.2) is 0 Å². The van der Waals surface area contributed by atoms with E-state index in [-0.39, 0.29) is 11.9 Å². The Kier molecular flexibility index (Phi) is 6.02. The minimum absolute atomic E-state index is 0.137. The molecule has 0 saturated carbocycles. The van der Waals surface area contributed by atoms with Crippen LogP contribution in [0.5, 0.6) is 11.5 Å². The summed E-state index contributed by atoms with van der Waals surface area (Å²) < 4.78 is 7.52. The molecule has 1 unspecified atom stereocenters. The smallest absolute Gasteiger partial charge is 0.158 e. The van der Waals surface area contributed by atoms with Crippen LogP contribution in [-0.4, -0.2) is 17.4 Å². The lowest BCUT2D eigenvalue weighted by Gasteiger charge is -2.11. The van der Waals surface area contributed by atoms with E-state index in [2.05, 4.69) is 43.9 Å². The standard InChI is InChI=1S/C19H19Br2NO3/c1-2-3-8-24-19-11-17(23)14(9-15(19)21)16-10-18(25-22-16)12-4-6-13(20)7-5-12/h4-7,9,11,18,23H,2-3,8,10H2,1H3. The summed E-state index contributed by atoms with van der Waals surface area (Å²) in [6.07, 6.45) is 2.51.